The second-order valence-corrected chi connectivity index (χ2v) is 7.88. The highest BCUT2D eigenvalue weighted by atomic mass is 32.2. The first-order valence-corrected chi connectivity index (χ1v) is 9.76. The van der Waals surface area contributed by atoms with Crippen LogP contribution in [0.15, 0.2) is 54.9 Å². The van der Waals surface area contributed by atoms with Crippen molar-refractivity contribution in [2.75, 3.05) is 0 Å². The van der Waals surface area contributed by atoms with Gasteiger partial charge in [-0.25, -0.2) is 21.9 Å². The van der Waals surface area contributed by atoms with Gasteiger partial charge >= 0.3 is 0 Å². The zero-order valence-electron chi connectivity index (χ0n) is 15.0. The van der Waals surface area contributed by atoms with Crippen LogP contribution in [0.5, 0.6) is 0 Å². The number of aromatic nitrogens is 2. The van der Waals surface area contributed by atoms with Gasteiger partial charge in [-0.3, -0.25) is 9.48 Å². The lowest BCUT2D eigenvalue weighted by Gasteiger charge is -2.14. The van der Waals surface area contributed by atoms with Crippen molar-refractivity contribution in [2.45, 2.75) is 5.25 Å². The minimum Gasteiger partial charge on any atom is -0.275 e. The molecular formula is C19H14F2N4O3S. The van der Waals surface area contributed by atoms with E-state index in [4.69, 9.17) is 0 Å². The van der Waals surface area contributed by atoms with E-state index < -0.39 is 43.9 Å². The Bertz CT molecular complexity index is 1190. The molecule has 1 heterocycles. The van der Waals surface area contributed by atoms with Crippen molar-refractivity contribution in [1.82, 2.24) is 14.5 Å². The standard InChI is InChI=1S/C19H14F2N4O3S/c1-25-11-14(10-23-25)18-15(20)7-13(8-16(18)21)17(9-22)29(27,28)24-19(26)12-5-3-2-4-6-12/h2-8,10-11,17H,1H3,(H,24,26). The predicted octanol–water partition coefficient (Wildman–Crippen LogP) is 2.69. The smallest absolute Gasteiger partial charge is 0.264 e. The number of carbonyl (C=O) groups excluding carboxylic acids is 1. The molecule has 0 spiro atoms. The fourth-order valence-corrected chi connectivity index (χ4v) is 3.86. The second-order valence-electron chi connectivity index (χ2n) is 6.11. The molecule has 0 aliphatic rings. The van der Waals surface area contributed by atoms with Crippen LogP contribution in [0, 0.1) is 23.0 Å². The number of aryl methyl sites for hydroxylation is 1. The zero-order chi connectivity index (χ0) is 21.2. The second kappa shape index (κ2) is 7.81. The molecule has 0 fully saturated rings. The summed E-state index contributed by atoms with van der Waals surface area (Å²) in [5, 5.41) is 11.2. The Balaban J connectivity index is 1.95. The maximum atomic E-state index is 14.5. The SMILES string of the molecule is Cn1cc(-c2c(F)cc(C(C#N)S(=O)(=O)NC(=O)c3ccccc3)cc2F)cn1. The zero-order valence-corrected chi connectivity index (χ0v) is 15.8. The highest BCUT2D eigenvalue weighted by molar-refractivity contribution is 7.90. The lowest BCUT2D eigenvalue weighted by molar-refractivity contribution is 0.0981. The molecule has 3 rings (SSSR count). The van der Waals surface area contributed by atoms with Crippen LogP contribution in [-0.4, -0.2) is 24.1 Å². The molecule has 148 valence electrons. The van der Waals surface area contributed by atoms with Crippen molar-refractivity contribution in [3.63, 3.8) is 0 Å². The molecule has 0 radical (unpaired) electrons. The Hall–Kier alpha value is -3.58. The van der Waals surface area contributed by atoms with Crippen LogP contribution in [0.2, 0.25) is 0 Å². The summed E-state index contributed by atoms with van der Waals surface area (Å²) in [6.07, 6.45) is 2.64. The van der Waals surface area contributed by atoms with Crippen molar-refractivity contribution < 1.29 is 22.0 Å². The van der Waals surface area contributed by atoms with Crippen LogP contribution in [0.4, 0.5) is 8.78 Å². The molecule has 1 N–H and O–H groups in total. The van der Waals surface area contributed by atoms with Gasteiger partial charge in [-0.2, -0.15) is 10.4 Å². The monoisotopic (exact) mass is 416 g/mol. The molecule has 2 aromatic carbocycles. The third kappa shape index (κ3) is 4.14. The van der Waals surface area contributed by atoms with Gasteiger partial charge < -0.3 is 0 Å². The highest BCUT2D eigenvalue weighted by Gasteiger charge is 2.31. The average Bonchev–Trinajstić information content (AvgIpc) is 3.07. The summed E-state index contributed by atoms with van der Waals surface area (Å²) in [6, 6.07) is 10.5. The van der Waals surface area contributed by atoms with Gasteiger partial charge in [-0.1, -0.05) is 18.2 Å². The van der Waals surface area contributed by atoms with E-state index in [1.54, 1.807) is 17.8 Å². The van der Waals surface area contributed by atoms with E-state index in [0.29, 0.717) is 0 Å². The average molecular weight is 416 g/mol. The van der Waals surface area contributed by atoms with E-state index in [9.17, 15) is 27.3 Å². The van der Waals surface area contributed by atoms with Crippen molar-refractivity contribution in [1.29, 1.82) is 5.26 Å². The van der Waals surface area contributed by atoms with Crippen molar-refractivity contribution in [2.24, 2.45) is 7.05 Å². The van der Waals surface area contributed by atoms with E-state index in [1.165, 1.54) is 47.4 Å². The van der Waals surface area contributed by atoms with Gasteiger partial charge in [0.25, 0.3) is 15.9 Å². The summed E-state index contributed by atoms with van der Waals surface area (Å²) in [6.45, 7) is 0. The maximum absolute atomic E-state index is 14.5. The van der Waals surface area contributed by atoms with Crippen LogP contribution in [-0.2, 0) is 17.1 Å². The van der Waals surface area contributed by atoms with Gasteiger partial charge in [-0.05, 0) is 29.8 Å². The number of sulfonamides is 1. The molecule has 0 aliphatic heterocycles. The van der Waals surface area contributed by atoms with Crippen LogP contribution in [0.1, 0.15) is 21.2 Å². The lowest BCUT2D eigenvalue weighted by atomic mass is 10.0. The number of nitrogens with zero attached hydrogens (tertiary/aromatic N) is 3. The van der Waals surface area contributed by atoms with Gasteiger partial charge in [0.15, 0.2) is 5.25 Å². The molecule has 1 amide bonds. The van der Waals surface area contributed by atoms with Gasteiger partial charge in [0.05, 0.1) is 17.8 Å². The third-order valence-electron chi connectivity index (χ3n) is 4.06. The van der Waals surface area contributed by atoms with Crippen molar-refractivity contribution in [3.05, 3.63) is 77.6 Å². The first-order valence-electron chi connectivity index (χ1n) is 8.21. The molecule has 1 aromatic heterocycles. The predicted molar refractivity (Wildman–Crippen MR) is 99.7 cm³/mol. The number of benzene rings is 2. The number of nitrogens with one attached hydrogen (secondary N) is 1. The lowest BCUT2D eigenvalue weighted by Crippen LogP contribution is -2.34. The minimum absolute atomic E-state index is 0.0528. The molecule has 0 saturated carbocycles. The topological polar surface area (TPSA) is 105 Å². The van der Waals surface area contributed by atoms with E-state index in [2.05, 4.69) is 5.10 Å². The fourth-order valence-electron chi connectivity index (χ4n) is 2.73. The van der Waals surface area contributed by atoms with E-state index in [0.717, 1.165) is 12.1 Å². The third-order valence-corrected chi connectivity index (χ3v) is 5.53. The number of hydrogen-bond acceptors (Lipinski definition) is 5. The summed E-state index contributed by atoms with van der Waals surface area (Å²) in [7, 11) is -3.02. The van der Waals surface area contributed by atoms with Gasteiger partial charge in [0.1, 0.15) is 11.6 Å². The van der Waals surface area contributed by atoms with E-state index >= 15 is 0 Å². The number of halogens is 2. The molecule has 29 heavy (non-hydrogen) atoms. The summed E-state index contributed by atoms with van der Waals surface area (Å²) >= 11 is 0. The normalized spacial score (nSPS) is 12.2. The van der Waals surface area contributed by atoms with Crippen LogP contribution < -0.4 is 4.72 Å². The first-order chi connectivity index (χ1) is 13.7. The molecule has 10 heteroatoms. The summed E-state index contributed by atoms with van der Waals surface area (Å²) < 4.78 is 57.2. The summed E-state index contributed by atoms with van der Waals surface area (Å²) in [4.78, 5) is 12.1. The molecule has 3 aromatic rings. The van der Waals surface area contributed by atoms with Crippen molar-refractivity contribution in [3.8, 4) is 17.2 Å². The van der Waals surface area contributed by atoms with Gasteiger partial charge in [-0.15, -0.1) is 0 Å². The molecule has 1 atom stereocenters. The Morgan fingerprint density at radius 1 is 1.21 bits per heavy atom. The van der Waals surface area contributed by atoms with Crippen LogP contribution in [0.3, 0.4) is 0 Å². The molecule has 1 unspecified atom stereocenters. The Morgan fingerprint density at radius 3 is 2.34 bits per heavy atom. The summed E-state index contributed by atoms with van der Waals surface area (Å²) in [5.41, 5.74) is -0.632. The molecule has 7 nitrogen and oxygen atoms in total. The highest BCUT2D eigenvalue weighted by Crippen LogP contribution is 2.31. The molecule has 0 aliphatic carbocycles. The number of rotatable bonds is 5. The van der Waals surface area contributed by atoms with Gasteiger partial charge in [0.2, 0.25) is 0 Å². The first kappa shape index (κ1) is 20.2. The quantitative estimate of drug-likeness (QED) is 0.689. The molecular weight excluding hydrogens is 402 g/mol. The number of carbonyl (C=O) groups is 1. The van der Waals surface area contributed by atoms with Crippen LogP contribution >= 0.6 is 0 Å². The fraction of sp³-hybridized carbons (Fsp3) is 0.105. The number of nitriles is 1. The van der Waals surface area contributed by atoms with Crippen molar-refractivity contribution >= 4 is 15.9 Å². The van der Waals surface area contributed by atoms with Gasteiger partial charge in [0, 0.05) is 24.4 Å². The van der Waals surface area contributed by atoms with E-state index in [-0.39, 0.29) is 11.1 Å². The molecule has 0 bridgehead atoms. The Morgan fingerprint density at radius 2 is 1.83 bits per heavy atom. The number of amides is 1. The minimum atomic E-state index is -4.59. The number of hydrogen-bond donors (Lipinski definition) is 1. The maximum Gasteiger partial charge on any atom is 0.264 e. The molecule has 0 saturated heterocycles. The largest absolute Gasteiger partial charge is 0.275 e. The summed E-state index contributed by atoms with van der Waals surface area (Å²) in [5.74, 6) is -3.07. The van der Waals surface area contributed by atoms with Crippen LogP contribution in [0.25, 0.3) is 11.1 Å². The van der Waals surface area contributed by atoms with E-state index in [1.807, 2.05) is 0 Å². The Kier molecular flexibility index (Phi) is 5.43. The Labute approximate surface area is 165 Å².